The van der Waals surface area contributed by atoms with Gasteiger partial charge in [-0.3, -0.25) is 24.7 Å². The number of hydrogen-bond acceptors (Lipinski definition) is 6. The van der Waals surface area contributed by atoms with Crippen molar-refractivity contribution in [1.82, 2.24) is 9.88 Å². The van der Waals surface area contributed by atoms with Crippen LogP contribution in [-0.4, -0.2) is 52.7 Å². The predicted molar refractivity (Wildman–Crippen MR) is 111 cm³/mol. The molecule has 1 unspecified atom stereocenters. The Morgan fingerprint density at radius 1 is 1.10 bits per heavy atom. The van der Waals surface area contributed by atoms with Crippen molar-refractivity contribution in [1.29, 1.82) is 0 Å². The van der Waals surface area contributed by atoms with Crippen molar-refractivity contribution in [2.24, 2.45) is 0 Å². The lowest BCUT2D eigenvalue weighted by molar-refractivity contribution is -0.895. The first kappa shape index (κ1) is 22.1. The highest BCUT2D eigenvalue weighted by Crippen LogP contribution is 2.38. The second-order valence-corrected chi connectivity index (χ2v) is 7.26. The van der Waals surface area contributed by atoms with Gasteiger partial charge in [0.2, 0.25) is 5.78 Å². The number of nitro benzene ring substituents is 1. The third-order valence-corrected chi connectivity index (χ3v) is 5.60. The number of pyridine rings is 1. The number of nitro groups is 1. The molecular weight excluding hydrogens is 400 g/mol. The summed E-state index contributed by atoms with van der Waals surface area (Å²) in [7, 11) is 0. The van der Waals surface area contributed by atoms with E-state index in [0.29, 0.717) is 12.1 Å². The summed E-state index contributed by atoms with van der Waals surface area (Å²) in [5, 5.41) is 24.2. The molecule has 1 atom stereocenters. The summed E-state index contributed by atoms with van der Waals surface area (Å²) in [4.78, 5) is 42.8. The number of likely N-dealkylation sites (N-methyl/N-ethyl adjacent to an activating group) is 1. The summed E-state index contributed by atoms with van der Waals surface area (Å²) in [6, 6.07) is 7.69. The molecule has 0 bridgehead atoms. The largest absolute Gasteiger partial charge is 0.872 e. The van der Waals surface area contributed by atoms with E-state index in [1.807, 2.05) is 13.8 Å². The zero-order valence-corrected chi connectivity index (χ0v) is 17.4. The van der Waals surface area contributed by atoms with E-state index in [1.54, 1.807) is 0 Å². The first-order valence-electron chi connectivity index (χ1n) is 10.1. The molecule has 0 saturated carbocycles. The van der Waals surface area contributed by atoms with E-state index in [4.69, 9.17) is 0 Å². The van der Waals surface area contributed by atoms with Crippen molar-refractivity contribution < 1.29 is 24.5 Å². The van der Waals surface area contributed by atoms with Crippen LogP contribution in [-0.2, 0) is 9.59 Å². The predicted octanol–water partition coefficient (Wildman–Crippen LogP) is 0.139. The number of quaternary nitrogens is 1. The Morgan fingerprint density at radius 2 is 1.71 bits per heavy atom. The number of ketones is 1. The third kappa shape index (κ3) is 4.46. The Morgan fingerprint density at radius 3 is 2.26 bits per heavy atom. The number of aromatic nitrogens is 1. The molecule has 1 fully saturated rings. The summed E-state index contributed by atoms with van der Waals surface area (Å²) >= 11 is 0. The van der Waals surface area contributed by atoms with E-state index >= 15 is 0 Å². The Kier molecular flexibility index (Phi) is 6.76. The zero-order valence-electron chi connectivity index (χ0n) is 17.4. The van der Waals surface area contributed by atoms with Crippen LogP contribution in [0.3, 0.4) is 0 Å². The first-order chi connectivity index (χ1) is 14.9. The van der Waals surface area contributed by atoms with Crippen LogP contribution >= 0.6 is 0 Å². The maximum Gasteiger partial charge on any atom is 0.295 e. The van der Waals surface area contributed by atoms with Gasteiger partial charge in [-0.15, -0.1) is 0 Å². The minimum absolute atomic E-state index is 0.111. The normalized spacial score (nSPS) is 18.0. The molecule has 162 valence electrons. The summed E-state index contributed by atoms with van der Waals surface area (Å²) < 4.78 is 0. The summed E-state index contributed by atoms with van der Waals surface area (Å²) in [5.74, 6) is -2.10. The molecule has 31 heavy (non-hydrogen) atoms. The molecule has 1 aromatic carbocycles. The molecule has 1 aromatic heterocycles. The molecule has 9 heteroatoms. The SMILES string of the molecule is CC[NH+](CC)CCN1C(=O)C(=O)/C(=C(/[O-])c2ccncc2)C1c1ccc([N+](=O)[O-])cc1. The number of Topliss-reactive ketones (excluding diaryl/α,β-unsaturated/α-hetero) is 1. The lowest BCUT2D eigenvalue weighted by Gasteiger charge is -2.28. The van der Waals surface area contributed by atoms with Crippen LogP contribution in [0.4, 0.5) is 5.69 Å². The van der Waals surface area contributed by atoms with Crippen LogP contribution in [0.25, 0.3) is 5.76 Å². The second kappa shape index (κ2) is 9.48. The summed E-state index contributed by atoms with van der Waals surface area (Å²) in [5.41, 5.74) is 0.492. The summed E-state index contributed by atoms with van der Waals surface area (Å²) in [6.07, 6.45) is 2.88. The van der Waals surface area contributed by atoms with Crippen LogP contribution in [0.2, 0.25) is 0 Å². The highest BCUT2D eigenvalue weighted by Gasteiger charge is 2.44. The number of carbonyl (C=O) groups is 2. The van der Waals surface area contributed by atoms with Crippen LogP contribution in [0.1, 0.15) is 31.0 Å². The Hall–Kier alpha value is -3.59. The molecule has 1 aliphatic heterocycles. The average molecular weight is 424 g/mol. The van der Waals surface area contributed by atoms with Gasteiger partial charge in [0.1, 0.15) is 0 Å². The number of hydrogen-bond donors (Lipinski definition) is 1. The van der Waals surface area contributed by atoms with Gasteiger partial charge < -0.3 is 14.9 Å². The van der Waals surface area contributed by atoms with Gasteiger partial charge in [-0.25, -0.2) is 0 Å². The topological polar surface area (TPSA) is 121 Å². The standard InChI is InChI=1S/C22H24N4O5/c1-3-24(4-2)13-14-25-19(15-5-7-17(8-6-15)26(30)31)18(21(28)22(25)29)20(27)16-9-11-23-12-10-16/h5-12,19,27H,3-4,13-14H2,1-2H3/b20-18+. The molecule has 3 rings (SSSR count). The van der Waals surface area contributed by atoms with Crippen LogP contribution < -0.4 is 10.0 Å². The fraction of sp³-hybridized carbons (Fsp3) is 0.318. The highest BCUT2D eigenvalue weighted by atomic mass is 16.6. The van der Waals surface area contributed by atoms with Crippen molar-refractivity contribution >= 4 is 23.1 Å². The van der Waals surface area contributed by atoms with E-state index in [1.165, 1.54) is 58.6 Å². The van der Waals surface area contributed by atoms with Crippen molar-refractivity contribution in [2.75, 3.05) is 26.2 Å². The molecule has 2 heterocycles. The molecule has 9 nitrogen and oxygen atoms in total. The van der Waals surface area contributed by atoms with Crippen LogP contribution in [0, 0.1) is 10.1 Å². The lowest BCUT2D eigenvalue weighted by atomic mass is 9.95. The molecular formula is C22H24N4O5. The van der Waals surface area contributed by atoms with Crippen molar-refractivity contribution in [3.05, 3.63) is 75.6 Å². The highest BCUT2D eigenvalue weighted by molar-refractivity contribution is 6.46. The number of rotatable bonds is 8. The molecule has 1 N–H and O–H groups in total. The van der Waals surface area contributed by atoms with E-state index in [2.05, 4.69) is 4.98 Å². The van der Waals surface area contributed by atoms with Gasteiger partial charge in [0, 0.05) is 30.1 Å². The van der Waals surface area contributed by atoms with Gasteiger partial charge >= 0.3 is 0 Å². The number of likely N-dealkylation sites (tertiary alicyclic amines) is 1. The van der Waals surface area contributed by atoms with E-state index < -0.39 is 28.4 Å². The van der Waals surface area contributed by atoms with Crippen molar-refractivity contribution in [3.63, 3.8) is 0 Å². The van der Waals surface area contributed by atoms with E-state index in [-0.39, 0.29) is 23.4 Å². The van der Waals surface area contributed by atoms with Gasteiger partial charge in [-0.05, 0) is 49.2 Å². The average Bonchev–Trinajstić information content (AvgIpc) is 3.04. The Labute approximate surface area is 179 Å². The quantitative estimate of drug-likeness (QED) is 0.212. The first-order valence-corrected chi connectivity index (χ1v) is 10.1. The molecule has 1 saturated heterocycles. The number of nitrogens with zero attached hydrogens (tertiary/aromatic N) is 3. The van der Waals surface area contributed by atoms with Crippen molar-refractivity contribution in [3.8, 4) is 0 Å². The van der Waals surface area contributed by atoms with E-state index in [0.717, 1.165) is 13.1 Å². The van der Waals surface area contributed by atoms with Gasteiger partial charge in [0.15, 0.2) is 0 Å². The fourth-order valence-electron chi connectivity index (χ4n) is 3.77. The second-order valence-electron chi connectivity index (χ2n) is 7.26. The molecule has 0 radical (unpaired) electrons. The maximum absolute atomic E-state index is 13.2. The minimum atomic E-state index is -0.892. The smallest absolute Gasteiger partial charge is 0.295 e. The number of carbonyl (C=O) groups excluding carboxylic acids is 2. The fourth-order valence-corrected chi connectivity index (χ4v) is 3.77. The lowest BCUT2D eigenvalue weighted by Crippen LogP contribution is -3.12. The maximum atomic E-state index is 13.2. The van der Waals surface area contributed by atoms with E-state index in [9.17, 15) is 24.8 Å². The van der Waals surface area contributed by atoms with Gasteiger partial charge in [0.25, 0.3) is 11.6 Å². The number of non-ortho nitro benzene ring substituents is 1. The molecule has 1 aliphatic rings. The van der Waals surface area contributed by atoms with Crippen LogP contribution in [0.5, 0.6) is 0 Å². The number of nitrogens with one attached hydrogen (secondary N) is 1. The Bertz CT molecular complexity index is 1000. The van der Waals surface area contributed by atoms with Crippen LogP contribution in [0.15, 0.2) is 54.4 Å². The van der Waals surface area contributed by atoms with Gasteiger partial charge in [0.05, 0.1) is 37.1 Å². The Balaban J connectivity index is 2.09. The third-order valence-electron chi connectivity index (χ3n) is 5.60. The zero-order chi connectivity index (χ0) is 22.5. The number of amides is 1. The van der Waals surface area contributed by atoms with Gasteiger partial charge in [-0.1, -0.05) is 5.76 Å². The molecule has 0 spiro atoms. The number of benzene rings is 1. The molecule has 2 aromatic rings. The van der Waals surface area contributed by atoms with Crippen molar-refractivity contribution in [2.45, 2.75) is 19.9 Å². The monoisotopic (exact) mass is 424 g/mol. The van der Waals surface area contributed by atoms with Gasteiger partial charge in [-0.2, -0.15) is 0 Å². The molecule has 0 aliphatic carbocycles. The minimum Gasteiger partial charge on any atom is -0.872 e. The molecule has 1 amide bonds. The summed E-state index contributed by atoms with van der Waals surface area (Å²) in [6.45, 7) is 6.70.